The third kappa shape index (κ3) is 1.98. The van der Waals surface area contributed by atoms with Gasteiger partial charge in [-0.15, -0.1) is 11.3 Å². The van der Waals surface area contributed by atoms with Gasteiger partial charge in [0.1, 0.15) is 6.10 Å². The predicted octanol–water partition coefficient (Wildman–Crippen LogP) is 2.90. The Morgan fingerprint density at radius 2 is 2.31 bits per heavy atom. The van der Waals surface area contributed by atoms with Crippen LogP contribution in [0.5, 0.6) is 0 Å². The summed E-state index contributed by atoms with van der Waals surface area (Å²) in [5.74, 6) is 0.676. The molecule has 1 aromatic heterocycles. The van der Waals surface area contributed by atoms with Gasteiger partial charge in [-0.3, -0.25) is 4.98 Å². The fourth-order valence-electron chi connectivity index (χ4n) is 2.36. The number of rotatable bonds is 2. The van der Waals surface area contributed by atoms with Crippen LogP contribution in [0.15, 0.2) is 11.7 Å². The number of nitrogens with zero attached hydrogens (tertiary/aromatic N) is 2. The van der Waals surface area contributed by atoms with Crippen molar-refractivity contribution in [1.29, 1.82) is 5.26 Å². The second-order valence-corrected chi connectivity index (χ2v) is 5.67. The lowest BCUT2D eigenvalue weighted by Gasteiger charge is -2.36. The molecule has 0 amide bonds. The van der Waals surface area contributed by atoms with Crippen molar-refractivity contribution in [3.8, 4) is 6.07 Å². The summed E-state index contributed by atoms with van der Waals surface area (Å²) >= 11 is 1.43. The fraction of sp³-hybridized carbons (Fsp3) is 0.667. The van der Waals surface area contributed by atoms with Gasteiger partial charge in [0.05, 0.1) is 21.9 Å². The monoisotopic (exact) mass is 236 g/mol. The average molecular weight is 236 g/mol. The normalized spacial score (nSPS) is 31.9. The largest absolute Gasteiger partial charge is 0.386 e. The lowest BCUT2D eigenvalue weighted by molar-refractivity contribution is 0.0290. The molecule has 4 heteroatoms. The maximum atomic E-state index is 10.3. The molecule has 0 bridgehead atoms. The summed E-state index contributed by atoms with van der Waals surface area (Å²) in [6.07, 6.45) is 4.66. The number of nitriles is 1. The SMILES string of the molecule is CC1CCC(C#N)(C(O)c2cncs2)CC1. The summed E-state index contributed by atoms with van der Waals surface area (Å²) in [5.41, 5.74) is 1.12. The van der Waals surface area contributed by atoms with Crippen LogP contribution in [0.25, 0.3) is 0 Å². The van der Waals surface area contributed by atoms with Crippen LogP contribution in [0, 0.1) is 22.7 Å². The minimum Gasteiger partial charge on any atom is -0.386 e. The smallest absolute Gasteiger partial charge is 0.108 e. The maximum Gasteiger partial charge on any atom is 0.108 e. The van der Waals surface area contributed by atoms with E-state index in [1.165, 1.54) is 11.3 Å². The van der Waals surface area contributed by atoms with E-state index in [9.17, 15) is 10.4 Å². The van der Waals surface area contributed by atoms with Crippen LogP contribution in [0.1, 0.15) is 43.6 Å². The fourth-order valence-corrected chi connectivity index (χ4v) is 3.08. The van der Waals surface area contributed by atoms with Gasteiger partial charge in [0.2, 0.25) is 0 Å². The van der Waals surface area contributed by atoms with E-state index in [2.05, 4.69) is 18.0 Å². The van der Waals surface area contributed by atoms with Crippen LogP contribution in [0.4, 0.5) is 0 Å². The number of aliphatic hydroxyl groups is 1. The highest BCUT2D eigenvalue weighted by molar-refractivity contribution is 7.09. The summed E-state index contributed by atoms with van der Waals surface area (Å²) in [5, 5.41) is 19.7. The topological polar surface area (TPSA) is 56.9 Å². The zero-order valence-electron chi connectivity index (χ0n) is 9.39. The minimum absolute atomic E-state index is 0.584. The van der Waals surface area contributed by atoms with Crippen molar-refractivity contribution in [2.75, 3.05) is 0 Å². The molecular formula is C12H16N2OS. The molecule has 1 atom stereocenters. The Balaban J connectivity index is 2.19. The summed E-state index contributed by atoms with van der Waals surface area (Å²) in [7, 11) is 0. The van der Waals surface area contributed by atoms with Gasteiger partial charge in [-0.2, -0.15) is 5.26 Å². The zero-order chi connectivity index (χ0) is 11.6. The van der Waals surface area contributed by atoms with Gasteiger partial charge in [-0.25, -0.2) is 0 Å². The molecule has 1 aliphatic carbocycles. The molecule has 0 aliphatic heterocycles. The van der Waals surface area contributed by atoms with Crippen molar-refractivity contribution >= 4 is 11.3 Å². The molecule has 1 N–H and O–H groups in total. The van der Waals surface area contributed by atoms with E-state index in [0.717, 1.165) is 30.6 Å². The van der Waals surface area contributed by atoms with Gasteiger partial charge in [-0.1, -0.05) is 6.92 Å². The zero-order valence-corrected chi connectivity index (χ0v) is 10.2. The van der Waals surface area contributed by atoms with Gasteiger partial charge < -0.3 is 5.11 Å². The molecule has 0 saturated heterocycles. The Morgan fingerprint density at radius 1 is 1.62 bits per heavy atom. The Bertz CT molecular complexity index is 374. The molecule has 1 saturated carbocycles. The lowest BCUT2D eigenvalue weighted by Crippen LogP contribution is -2.31. The second kappa shape index (κ2) is 4.52. The van der Waals surface area contributed by atoms with E-state index in [4.69, 9.17) is 0 Å². The van der Waals surface area contributed by atoms with E-state index < -0.39 is 11.5 Å². The number of aliphatic hydroxyl groups excluding tert-OH is 1. The van der Waals surface area contributed by atoms with Crippen LogP contribution in [0.2, 0.25) is 0 Å². The molecule has 3 nitrogen and oxygen atoms in total. The predicted molar refractivity (Wildman–Crippen MR) is 62.8 cm³/mol. The average Bonchev–Trinajstić information content (AvgIpc) is 2.83. The number of hydrogen-bond acceptors (Lipinski definition) is 4. The molecular weight excluding hydrogens is 220 g/mol. The Morgan fingerprint density at radius 3 is 2.81 bits per heavy atom. The minimum atomic E-state index is -0.669. The Hall–Kier alpha value is -0.920. The van der Waals surface area contributed by atoms with Gasteiger partial charge in [-0.05, 0) is 31.6 Å². The van der Waals surface area contributed by atoms with Crippen LogP contribution in [0.3, 0.4) is 0 Å². The van der Waals surface area contributed by atoms with Crippen LogP contribution < -0.4 is 0 Å². The second-order valence-electron chi connectivity index (χ2n) is 4.76. The number of thiazole rings is 1. The molecule has 1 aromatic rings. The number of aromatic nitrogens is 1. The quantitative estimate of drug-likeness (QED) is 0.859. The highest BCUT2D eigenvalue weighted by Gasteiger charge is 2.42. The van der Waals surface area contributed by atoms with E-state index in [1.54, 1.807) is 11.7 Å². The third-order valence-corrected chi connectivity index (χ3v) is 4.46. The van der Waals surface area contributed by atoms with Crippen molar-refractivity contribution < 1.29 is 5.11 Å². The van der Waals surface area contributed by atoms with E-state index >= 15 is 0 Å². The molecule has 0 radical (unpaired) electrons. The highest BCUT2D eigenvalue weighted by Crippen LogP contribution is 2.47. The van der Waals surface area contributed by atoms with Crippen molar-refractivity contribution in [2.45, 2.75) is 38.7 Å². The van der Waals surface area contributed by atoms with Crippen molar-refractivity contribution in [1.82, 2.24) is 4.98 Å². The van der Waals surface area contributed by atoms with Crippen LogP contribution in [-0.2, 0) is 0 Å². The van der Waals surface area contributed by atoms with Crippen molar-refractivity contribution in [3.63, 3.8) is 0 Å². The molecule has 1 aliphatic rings. The highest BCUT2D eigenvalue weighted by atomic mass is 32.1. The molecule has 86 valence electrons. The summed E-state index contributed by atoms with van der Waals surface area (Å²) in [6, 6.07) is 2.35. The van der Waals surface area contributed by atoms with E-state index in [1.807, 2.05) is 0 Å². The first-order valence-electron chi connectivity index (χ1n) is 5.66. The van der Waals surface area contributed by atoms with Crippen molar-refractivity contribution in [2.24, 2.45) is 11.3 Å². The van der Waals surface area contributed by atoms with E-state index in [0.29, 0.717) is 5.92 Å². The van der Waals surface area contributed by atoms with Crippen molar-refractivity contribution in [3.05, 3.63) is 16.6 Å². The summed E-state index contributed by atoms with van der Waals surface area (Å²) in [6.45, 7) is 2.21. The maximum absolute atomic E-state index is 10.3. The Kier molecular flexibility index (Phi) is 3.27. The lowest BCUT2D eigenvalue weighted by atomic mass is 9.68. The first kappa shape index (κ1) is 11.6. The standard InChI is InChI=1S/C12H16N2OS/c1-9-2-4-12(7-13,5-3-9)11(15)10-6-14-8-16-10/h6,8-9,11,15H,2-5H2,1H3. The first-order chi connectivity index (χ1) is 7.68. The Labute approximate surface area is 99.8 Å². The summed E-state index contributed by atoms with van der Waals surface area (Å²) in [4.78, 5) is 4.78. The van der Waals surface area contributed by atoms with E-state index in [-0.39, 0.29) is 0 Å². The van der Waals surface area contributed by atoms with Crippen LogP contribution >= 0.6 is 11.3 Å². The molecule has 0 spiro atoms. The number of hydrogen-bond donors (Lipinski definition) is 1. The van der Waals surface area contributed by atoms with Gasteiger partial charge in [0.15, 0.2) is 0 Å². The molecule has 16 heavy (non-hydrogen) atoms. The molecule has 1 fully saturated rings. The molecule has 2 rings (SSSR count). The third-order valence-electron chi connectivity index (χ3n) is 3.63. The molecule has 1 heterocycles. The molecule has 0 aromatic carbocycles. The molecule has 1 unspecified atom stereocenters. The first-order valence-corrected chi connectivity index (χ1v) is 6.53. The van der Waals surface area contributed by atoms with Gasteiger partial charge in [0.25, 0.3) is 0 Å². The van der Waals surface area contributed by atoms with Gasteiger partial charge in [0, 0.05) is 6.20 Å². The van der Waals surface area contributed by atoms with Crippen LogP contribution in [-0.4, -0.2) is 10.1 Å². The summed E-state index contributed by atoms with van der Waals surface area (Å²) < 4.78 is 0. The van der Waals surface area contributed by atoms with Gasteiger partial charge >= 0.3 is 0 Å².